The molecule has 0 N–H and O–H groups in total. The van der Waals surface area contributed by atoms with Crippen molar-refractivity contribution in [3.05, 3.63) is 82.3 Å². The summed E-state index contributed by atoms with van der Waals surface area (Å²) in [5.41, 5.74) is 3.55. The standard InChI is InChI=1S/C24H26N2OS/c1-18(2)20-10-3-6-13-23(20)27-15-8-14-26-22-12-5-4-11-21(22)25-24(26)17-19-9-7-16-28-19/h3-7,9-13,16,18H,8,14-15,17H2,1-2H3. The molecule has 0 fully saturated rings. The van der Waals surface area contributed by atoms with Crippen molar-refractivity contribution in [2.45, 2.75) is 39.2 Å². The van der Waals surface area contributed by atoms with Crippen LogP contribution in [0.4, 0.5) is 0 Å². The molecular formula is C24H26N2OS. The van der Waals surface area contributed by atoms with Gasteiger partial charge in [0, 0.05) is 17.8 Å². The van der Waals surface area contributed by atoms with Crippen molar-refractivity contribution in [1.82, 2.24) is 9.55 Å². The fourth-order valence-corrected chi connectivity index (χ4v) is 4.27. The van der Waals surface area contributed by atoms with Gasteiger partial charge >= 0.3 is 0 Å². The van der Waals surface area contributed by atoms with Crippen molar-refractivity contribution >= 4 is 22.4 Å². The highest BCUT2D eigenvalue weighted by atomic mass is 32.1. The zero-order valence-corrected chi connectivity index (χ0v) is 17.3. The minimum Gasteiger partial charge on any atom is -0.493 e. The Labute approximate surface area is 170 Å². The lowest BCUT2D eigenvalue weighted by Crippen LogP contribution is -2.09. The average molecular weight is 391 g/mol. The molecule has 0 aliphatic carbocycles. The summed E-state index contributed by atoms with van der Waals surface area (Å²) in [5.74, 6) is 2.60. The minimum atomic E-state index is 0.464. The van der Waals surface area contributed by atoms with Gasteiger partial charge in [-0.15, -0.1) is 11.3 Å². The molecule has 0 bridgehead atoms. The average Bonchev–Trinajstić information content (AvgIpc) is 3.33. The van der Waals surface area contributed by atoms with Gasteiger partial charge < -0.3 is 9.30 Å². The lowest BCUT2D eigenvalue weighted by molar-refractivity contribution is 0.298. The predicted octanol–water partition coefficient (Wildman–Crippen LogP) is 6.28. The van der Waals surface area contributed by atoms with E-state index in [0.717, 1.165) is 36.5 Å². The molecule has 0 amide bonds. The topological polar surface area (TPSA) is 27.1 Å². The lowest BCUT2D eigenvalue weighted by Gasteiger charge is -2.14. The maximum absolute atomic E-state index is 6.12. The Kier molecular flexibility index (Phi) is 5.77. The molecular weight excluding hydrogens is 364 g/mol. The number of rotatable bonds is 8. The third-order valence-corrected chi connectivity index (χ3v) is 5.85. The summed E-state index contributed by atoms with van der Waals surface area (Å²) in [6, 6.07) is 21.0. The summed E-state index contributed by atoms with van der Waals surface area (Å²) >= 11 is 1.79. The van der Waals surface area contributed by atoms with Crippen LogP contribution >= 0.6 is 11.3 Å². The van der Waals surface area contributed by atoms with Crippen LogP contribution < -0.4 is 4.74 Å². The number of thiophene rings is 1. The van der Waals surface area contributed by atoms with Crippen LogP contribution in [0.25, 0.3) is 11.0 Å². The van der Waals surface area contributed by atoms with E-state index in [4.69, 9.17) is 9.72 Å². The van der Waals surface area contributed by atoms with E-state index >= 15 is 0 Å². The summed E-state index contributed by atoms with van der Waals surface area (Å²) in [6.07, 6.45) is 1.83. The Morgan fingerprint density at radius 1 is 1.00 bits per heavy atom. The highest BCUT2D eigenvalue weighted by molar-refractivity contribution is 7.09. The highest BCUT2D eigenvalue weighted by Gasteiger charge is 2.12. The number of benzene rings is 2. The van der Waals surface area contributed by atoms with E-state index in [9.17, 15) is 0 Å². The van der Waals surface area contributed by atoms with Gasteiger partial charge in [0.2, 0.25) is 0 Å². The Bertz CT molecular complexity index is 1030. The van der Waals surface area contributed by atoms with Gasteiger partial charge in [-0.2, -0.15) is 0 Å². The minimum absolute atomic E-state index is 0.464. The molecule has 0 atom stereocenters. The van der Waals surface area contributed by atoms with Crippen LogP contribution in [0.15, 0.2) is 66.0 Å². The maximum atomic E-state index is 6.12. The zero-order chi connectivity index (χ0) is 19.3. The summed E-state index contributed by atoms with van der Waals surface area (Å²) in [6.45, 7) is 6.02. The molecule has 0 spiro atoms. The van der Waals surface area contributed by atoms with E-state index in [1.165, 1.54) is 16.0 Å². The Balaban J connectivity index is 1.47. The van der Waals surface area contributed by atoms with Crippen molar-refractivity contribution in [2.75, 3.05) is 6.61 Å². The number of aromatic nitrogens is 2. The van der Waals surface area contributed by atoms with E-state index in [1.54, 1.807) is 11.3 Å². The summed E-state index contributed by atoms with van der Waals surface area (Å²) < 4.78 is 8.48. The van der Waals surface area contributed by atoms with Gasteiger partial charge in [0.05, 0.1) is 17.6 Å². The fourth-order valence-electron chi connectivity index (χ4n) is 3.57. The van der Waals surface area contributed by atoms with Crippen LogP contribution in [0.2, 0.25) is 0 Å². The predicted molar refractivity (Wildman–Crippen MR) is 118 cm³/mol. The first-order valence-corrected chi connectivity index (χ1v) is 10.8. The molecule has 0 aliphatic rings. The van der Waals surface area contributed by atoms with Gasteiger partial charge in [-0.1, -0.05) is 50.2 Å². The molecule has 0 saturated carbocycles. The number of para-hydroxylation sites is 3. The number of hydrogen-bond donors (Lipinski definition) is 0. The monoisotopic (exact) mass is 390 g/mol. The molecule has 144 valence electrons. The van der Waals surface area contributed by atoms with Crippen LogP contribution in [0.5, 0.6) is 5.75 Å². The van der Waals surface area contributed by atoms with Gasteiger partial charge in [0.25, 0.3) is 0 Å². The second-order valence-corrected chi connectivity index (χ2v) is 8.35. The molecule has 0 aliphatic heterocycles. The van der Waals surface area contributed by atoms with Crippen molar-refractivity contribution in [2.24, 2.45) is 0 Å². The van der Waals surface area contributed by atoms with Crippen LogP contribution in [0, 0.1) is 0 Å². The number of nitrogens with zero attached hydrogens (tertiary/aromatic N) is 2. The normalized spacial score (nSPS) is 11.4. The number of fused-ring (bicyclic) bond motifs is 1. The Morgan fingerprint density at radius 2 is 1.82 bits per heavy atom. The van der Waals surface area contributed by atoms with E-state index in [2.05, 4.69) is 78.4 Å². The summed E-state index contributed by atoms with van der Waals surface area (Å²) in [7, 11) is 0. The molecule has 4 rings (SSSR count). The molecule has 2 heterocycles. The first kappa shape index (κ1) is 18.8. The van der Waals surface area contributed by atoms with Crippen LogP contribution in [0.1, 0.15) is 42.5 Å². The van der Waals surface area contributed by atoms with E-state index < -0.39 is 0 Å². The van der Waals surface area contributed by atoms with Gasteiger partial charge in [0.15, 0.2) is 0 Å². The number of ether oxygens (including phenoxy) is 1. The van der Waals surface area contributed by atoms with E-state index in [1.807, 2.05) is 6.07 Å². The Hall–Kier alpha value is -2.59. The maximum Gasteiger partial charge on any atom is 0.122 e. The molecule has 0 unspecified atom stereocenters. The van der Waals surface area contributed by atoms with Crippen LogP contribution in [0.3, 0.4) is 0 Å². The van der Waals surface area contributed by atoms with Crippen LogP contribution in [-0.2, 0) is 13.0 Å². The van der Waals surface area contributed by atoms with Gasteiger partial charge in [-0.3, -0.25) is 0 Å². The second kappa shape index (κ2) is 8.61. The summed E-state index contributed by atoms with van der Waals surface area (Å²) in [4.78, 5) is 6.24. The van der Waals surface area contributed by atoms with Gasteiger partial charge in [-0.05, 0) is 47.5 Å². The lowest BCUT2D eigenvalue weighted by atomic mass is 10.0. The molecule has 28 heavy (non-hydrogen) atoms. The quantitative estimate of drug-likeness (QED) is 0.331. The molecule has 3 nitrogen and oxygen atoms in total. The molecule has 0 saturated heterocycles. The SMILES string of the molecule is CC(C)c1ccccc1OCCCn1c(Cc2cccs2)nc2ccccc21. The van der Waals surface area contributed by atoms with Crippen molar-refractivity contribution in [3.63, 3.8) is 0 Å². The van der Waals surface area contributed by atoms with Crippen LogP contribution in [-0.4, -0.2) is 16.2 Å². The van der Waals surface area contributed by atoms with Crippen molar-refractivity contribution in [1.29, 1.82) is 0 Å². The van der Waals surface area contributed by atoms with Gasteiger partial charge in [-0.25, -0.2) is 4.98 Å². The number of hydrogen-bond acceptors (Lipinski definition) is 3. The second-order valence-electron chi connectivity index (χ2n) is 7.32. The van der Waals surface area contributed by atoms with Crippen molar-refractivity contribution in [3.8, 4) is 5.75 Å². The van der Waals surface area contributed by atoms with E-state index in [0.29, 0.717) is 12.5 Å². The molecule has 2 aromatic carbocycles. The molecule has 2 aromatic heterocycles. The summed E-state index contributed by atoms with van der Waals surface area (Å²) in [5, 5.41) is 2.13. The number of aryl methyl sites for hydroxylation is 1. The first-order valence-electron chi connectivity index (χ1n) is 9.90. The highest BCUT2D eigenvalue weighted by Crippen LogP contribution is 2.26. The first-order chi connectivity index (χ1) is 13.7. The number of imidazole rings is 1. The molecule has 0 radical (unpaired) electrons. The third kappa shape index (κ3) is 4.12. The molecule has 4 heteroatoms. The third-order valence-electron chi connectivity index (χ3n) is 4.97. The largest absolute Gasteiger partial charge is 0.493 e. The van der Waals surface area contributed by atoms with Crippen molar-refractivity contribution < 1.29 is 4.74 Å². The molecule has 4 aromatic rings. The van der Waals surface area contributed by atoms with Gasteiger partial charge in [0.1, 0.15) is 11.6 Å². The Morgan fingerprint density at radius 3 is 2.64 bits per heavy atom. The smallest absolute Gasteiger partial charge is 0.122 e. The van der Waals surface area contributed by atoms with E-state index in [-0.39, 0.29) is 0 Å². The zero-order valence-electron chi connectivity index (χ0n) is 16.5. The fraction of sp³-hybridized carbons (Fsp3) is 0.292.